The van der Waals surface area contributed by atoms with Crippen molar-refractivity contribution in [2.24, 2.45) is 17.1 Å². The number of amides is 1. The van der Waals surface area contributed by atoms with Crippen molar-refractivity contribution in [3.63, 3.8) is 0 Å². The molecule has 1 fully saturated rings. The van der Waals surface area contributed by atoms with Crippen LogP contribution >= 0.6 is 0 Å². The Balaban J connectivity index is 1.94. The first-order valence-corrected chi connectivity index (χ1v) is 5.63. The van der Waals surface area contributed by atoms with E-state index in [2.05, 4.69) is 19.2 Å². The highest BCUT2D eigenvalue weighted by Gasteiger charge is 2.50. The van der Waals surface area contributed by atoms with Gasteiger partial charge in [-0.05, 0) is 18.3 Å². The van der Waals surface area contributed by atoms with Gasteiger partial charge in [0.05, 0.1) is 6.61 Å². The van der Waals surface area contributed by atoms with Gasteiger partial charge in [-0.15, -0.1) is 0 Å². The zero-order valence-corrected chi connectivity index (χ0v) is 9.71. The van der Waals surface area contributed by atoms with Crippen LogP contribution in [0.4, 0.5) is 0 Å². The van der Waals surface area contributed by atoms with Crippen LogP contribution in [-0.4, -0.2) is 32.2 Å². The van der Waals surface area contributed by atoms with E-state index >= 15 is 0 Å². The molecule has 0 aromatic rings. The van der Waals surface area contributed by atoms with Gasteiger partial charge in [-0.25, -0.2) is 0 Å². The van der Waals surface area contributed by atoms with E-state index in [0.29, 0.717) is 26.3 Å². The topological polar surface area (TPSA) is 64.3 Å². The van der Waals surface area contributed by atoms with Crippen LogP contribution in [-0.2, 0) is 9.53 Å². The Morgan fingerprint density at radius 2 is 2.20 bits per heavy atom. The predicted molar refractivity (Wildman–Crippen MR) is 59.4 cm³/mol. The van der Waals surface area contributed by atoms with Crippen LogP contribution in [0, 0.1) is 11.3 Å². The summed E-state index contributed by atoms with van der Waals surface area (Å²) in [5, 5.41) is 2.93. The van der Waals surface area contributed by atoms with Gasteiger partial charge >= 0.3 is 0 Å². The van der Waals surface area contributed by atoms with Crippen LogP contribution in [0.3, 0.4) is 0 Å². The fourth-order valence-corrected chi connectivity index (χ4v) is 1.61. The van der Waals surface area contributed by atoms with E-state index in [0.717, 1.165) is 12.8 Å². The molecule has 0 aliphatic heterocycles. The maximum absolute atomic E-state index is 11.5. The number of nitrogens with two attached hydrogens (primary N) is 1. The number of hydrogen-bond donors (Lipinski definition) is 2. The third-order valence-corrected chi connectivity index (χ3v) is 2.86. The fraction of sp³-hybridized carbons (Fsp3) is 0.909. The van der Waals surface area contributed by atoms with Gasteiger partial charge in [0.15, 0.2) is 0 Å². The molecule has 0 heterocycles. The average molecular weight is 214 g/mol. The Hall–Kier alpha value is -0.610. The molecule has 1 saturated carbocycles. The fourth-order valence-electron chi connectivity index (χ4n) is 1.61. The van der Waals surface area contributed by atoms with Crippen molar-refractivity contribution in [1.82, 2.24) is 5.32 Å². The summed E-state index contributed by atoms with van der Waals surface area (Å²) in [4.78, 5) is 11.5. The first-order chi connectivity index (χ1) is 7.08. The maximum atomic E-state index is 11.5. The van der Waals surface area contributed by atoms with Gasteiger partial charge in [0.25, 0.3) is 0 Å². The minimum atomic E-state index is 0.193. The highest BCUT2D eigenvalue weighted by molar-refractivity contribution is 5.82. The number of hydrogen-bond acceptors (Lipinski definition) is 3. The number of rotatable bonds is 7. The van der Waals surface area contributed by atoms with Gasteiger partial charge in [0.2, 0.25) is 5.91 Å². The molecular formula is C11H22N2O2. The summed E-state index contributed by atoms with van der Waals surface area (Å²) < 4.78 is 5.21. The van der Waals surface area contributed by atoms with Crippen LogP contribution in [0.25, 0.3) is 0 Å². The lowest BCUT2D eigenvalue weighted by atomic mass is 10.1. The van der Waals surface area contributed by atoms with Crippen molar-refractivity contribution < 1.29 is 9.53 Å². The van der Waals surface area contributed by atoms with Crippen molar-refractivity contribution in [3.8, 4) is 0 Å². The van der Waals surface area contributed by atoms with E-state index in [4.69, 9.17) is 10.5 Å². The van der Waals surface area contributed by atoms with Crippen molar-refractivity contribution in [2.75, 3.05) is 26.3 Å². The number of ether oxygens (including phenoxy) is 1. The molecule has 1 rings (SSSR count). The summed E-state index contributed by atoms with van der Waals surface area (Å²) in [6.07, 6.45) is 1.88. The molecular weight excluding hydrogens is 192 g/mol. The molecule has 0 bridgehead atoms. The molecule has 1 unspecified atom stereocenters. The van der Waals surface area contributed by atoms with Crippen LogP contribution in [0.1, 0.15) is 26.7 Å². The summed E-state index contributed by atoms with van der Waals surface area (Å²) in [5.41, 5.74) is 5.50. The average Bonchev–Trinajstić information content (AvgIpc) is 2.81. The summed E-state index contributed by atoms with van der Waals surface area (Å²) in [5.74, 6) is 0.418. The minimum absolute atomic E-state index is 0.193. The summed E-state index contributed by atoms with van der Waals surface area (Å²) in [7, 11) is 0. The Morgan fingerprint density at radius 3 is 2.73 bits per heavy atom. The lowest BCUT2D eigenvalue weighted by Crippen LogP contribution is -2.28. The van der Waals surface area contributed by atoms with E-state index in [-0.39, 0.29) is 17.2 Å². The first-order valence-electron chi connectivity index (χ1n) is 5.63. The summed E-state index contributed by atoms with van der Waals surface area (Å²) >= 11 is 0. The third kappa shape index (κ3) is 4.18. The van der Waals surface area contributed by atoms with E-state index in [1.54, 1.807) is 0 Å². The van der Waals surface area contributed by atoms with Crippen molar-refractivity contribution in [3.05, 3.63) is 0 Å². The lowest BCUT2D eigenvalue weighted by molar-refractivity contribution is -0.123. The van der Waals surface area contributed by atoms with Crippen LogP contribution in [0.5, 0.6) is 0 Å². The van der Waals surface area contributed by atoms with Gasteiger partial charge in [-0.2, -0.15) is 0 Å². The maximum Gasteiger partial charge on any atom is 0.223 e. The molecule has 0 spiro atoms. The second-order valence-corrected chi connectivity index (χ2v) is 4.79. The second kappa shape index (κ2) is 5.47. The smallest absolute Gasteiger partial charge is 0.223 e. The summed E-state index contributed by atoms with van der Waals surface area (Å²) in [6.45, 7) is 6.79. The van der Waals surface area contributed by atoms with Gasteiger partial charge in [-0.1, -0.05) is 13.8 Å². The molecule has 4 heteroatoms. The lowest BCUT2D eigenvalue weighted by Gasteiger charge is -2.06. The SMILES string of the molecule is CC1(C)CC1C(=O)NCCCOCCN. The molecule has 0 radical (unpaired) electrons. The molecule has 1 atom stereocenters. The van der Waals surface area contributed by atoms with Crippen molar-refractivity contribution in [2.45, 2.75) is 26.7 Å². The van der Waals surface area contributed by atoms with E-state index in [9.17, 15) is 4.79 Å². The van der Waals surface area contributed by atoms with Crippen LogP contribution in [0.15, 0.2) is 0 Å². The van der Waals surface area contributed by atoms with Gasteiger partial charge in [-0.3, -0.25) is 4.79 Å². The Bertz CT molecular complexity index is 217. The highest BCUT2D eigenvalue weighted by Crippen LogP contribution is 2.51. The third-order valence-electron chi connectivity index (χ3n) is 2.86. The number of carbonyl (C=O) groups is 1. The van der Waals surface area contributed by atoms with Gasteiger partial charge in [0.1, 0.15) is 0 Å². The molecule has 0 saturated heterocycles. The molecule has 88 valence electrons. The van der Waals surface area contributed by atoms with Gasteiger partial charge in [0, 0.05) is 25.6 Å². The zero-order valence-electron chi connectivity index (χ0n) is 9.71. The molecule has 4 nitrogen and oxygen atoms in total. The predicted octanol–water partition coefficient (Wildman–Crippen LogP) is 0.514. The molecule has 1 aliphatic carbocycles. The highest BCUT2D eigenvalue weighted by atomic mass is 16.5. The van der Waals surface area contributed by atoms with Crippen molar-refractivity contribution in [1.29, 1.82) is 0 Å². The number of carbonyl (C=O) groups excluding carboxylic acids is 1. The zero-order chi connectivity index (χ0) is 11.3. The molecule has 1 aliphatic rings. The normalized spacial score (nSPS) is 22.5. The van der Waals surface area contributed by atoms with E-state index in [1.807, 2.05) is 0 Å². The minimum Gasteiger partial charge on any atom is -0.380 e. The largest absolute Gasteiger partial charge is 0.380 e. The Kier molecular flexibility index (Phi) is 4.54. The van der Waals surface area contributed by atoms with E-state index in [1.165, 1.54) is 0 Å². The first kappa shape index (κ1) is 12.5. The van der Waals surface area contributed by atoms with Crippen molar-refractivity contribution >= 4 is 5.91 Å². The quantitative estimate of drug-likeness (QED) is 0.607. The monoisotopic (exact) mass is 214 g/mol. The molecule has 15 heavy (non-hydrogen) atoms. The molecule has 1 amide bonds. The Labute approximate surface area is 91.5 Å². The summed E-state index contributed by atoms with van der Waals surface area (Å²) in [6, 6.07) is 0. The van der Waals surface area contributed by atoms with Crippen LogP contribution < -0.4 is 11.1 Å². The molecule has 0 aromatic heterocycles. The van der Waals surface area contributed by atoms with E-state index < -0.39 is 0 Å². The Morgan fingerprint density at radius 1 is 1.53 bits per heavy atom. The number of nitrogens with one attached hydrogen (secondary N) is 1. The molecule has 3 N–H and O–H groups in total. The van der Waals surface area contributed by atoms with Gasteiger partial charge < -0.3 is 15.8 Å². The van der Waals surface area contributed by atoms with Crippen LogP contribution in [0.2, 0.25) is 0 Å². The molecule has 0 aromatic carbocycles. The second-order valence-electron chi connectivity index (χ2n) is 4.79. The standard InChI is InChI=1S/C11H22N2O2/c1-11(2)8-9(11)10(14)13-5-3-6-15-7-4-12/h9H,3-8,12H2,1-2H3,(H,13,14).